The lowest BCUT2D eigenvalue weighted by Gasteiger charge is -2.36. The van der Waals surface area contributed by atoms with E-state index >= 15 is 0 Å². The minimum atomic E-state index is -0.603. The Balaban J connectivity index is 1.68. The van der Waals surface area contributed by atoms with Crippen molar-refractivity contribution in [3.05, 3.63) is 24.0 Å². The summed E-state index contributed by atoms with van der Waals surface area (Å²) >= 11 is 0. The summed E-state index contributed by atoms with van der Waals surface area (Å²) < 4.78 is 13.4. The summed E-state index contributed by atoms with van der Waals surface area (Å²) in [4.78, 5) is 29.1. The van der Waals surface area contributed by atoms with E-state index < -0.39 is 11.7 Å². The van der Waals surface area contributed by atoms with Crippen LogP contribution in [0.4, 0.5) is 4.79 Å². The van der Waals surface area contributed by atoms with Gasteiger partial charge in [-0.25, -0.2) is 4.79 Å². The summed E-state index contributed by atoms with van der Waals surface area (Å²) in [5.41, 5.74) is 0.520. The maximum atomic E-state index is 13.0. The van der Waals surface area contributed by atoms with Gasteiger partial charge in [-0.15, -0.1) is 0 Å². The van der Waals surface area contributed by atoms with Gasteiger partial charge in [0.25, 0.3) is 0 Å². The van der Waals surface area contributed by atoms with Crippen LogP contribution in [0.3, 0.4) is 0 Å². The smallest absolute Gasteiger partial charge is 0.410 e. The monoisotopic (exact) mass is 377 g/mol. The Bertz CT molecular complexity index is 673. The zero-order valence-electron chi connectivity index (χ0n) is 16.8. The van der Waals surface area contributed by atoms with Crippen molar-refractivity contribution >= 4 is 12.0 Å². The fraction of sp³-hybridized carbons (Fsp3) is 0.700. The second kappa shape index (κ2) is 7.92. The van der Waals surface area contributed by atoms with Crippen LogP contribution in [-0.2, 0) is 20.8 Å². The SMILES string of the molecule is C[C@H]1c2cccn2CCN1C(=O)CN(C[C@@H]1CCCO1)C(=O)OC(C)(C)C. The quantitative estimate of drug-likeness (QED) is 0.809. The first-order valence-electron chi connectivity index (χ1n) is 9.78. The lowest BCUT2D eigenvalue weighted by molar-refractivity contribution is -0.136. The van der Waals surface area contributed by atoms with Crippen molar-refractivity contribution in [2.24, 2.45) is 0 Å². The largest absolute Gasteiger partial charge is 0.444 e. The van der Waals surface area contributed by atoms with Crippen molar-refractivity contribution in [3.8, 4) is 0 Å². The molecule has 1 fully saturated rings. The second-order valence-corrected chi connectivity index (χ2v) is 8.39. The van der Waals surface area contributed by atoms with E-state index in [9.17, 15) is 9.59 Å². The second-order valence-electron chi connectivity index (χ2n) is 8.39. The van der Waals surface area contributed by atoms with Crippen molar-refractivity contribution in [1.29, 1.82) is 0 Å². The number of nitrogens with zero attached hydrogens (tertiary/aromatic N) is 3. The molecule has 3 heterocycles. The molecule has 1 aromatic heterocycles. The van der Waals surface area contributed by atoms with Gasteiger partial charge in [0.1, 0.15) is 12.1 Å². The van der Waals surface area contributed by atoms with Crippen LogP contribution in [0, 0.1) is 0 Å². The molecule has 2 atom stereocenters. The van der Waals surface area contributed by atoms with Crippen LogP contribution in [0.5, 0.6) is 0 Å². The van der Waals surface area contributed by atoms with Crippen LogP contribution in [-0.4, -0.2) is 64.3 Å². The van der Waals surface area contributed by atoms with E-state index in [2.05, 4.69) is 4.57 Å². The third kappa shape index (κ3) is 4.83. The van der Waals surface area contributed by atoms with E-state index in [0.717, 1.165) is 25.1 Å². The normalized spacial score (nSPS) is 22.4. The molecule has 2 aliphatic heterocycles. The van der Waals surface area contributed by atoms with Gasteiger partial charge in [0.05, 0.1) is 18.7 Å². The number of rotatable bonds is 4. The van der Waals surface area contributed by atoms with Crippen molar-refractivity contribution in [1.82, 2.24) is 14.4 Å². The predicted molar refractivity (Wildman–Crippen MR) is 101 cm³/mol. The highest BCUT2D eigenvalue weighted by Gasteiger charge is 2.32. The molecule has 1 saturated heterocycles. The zero-order valence-corrected chi connectivity index (χ0v) is 16.8. The van der Waals surface area contributed by atoms with Crippen LogP contribution < -0.4 is 0 Å². The molecule has 2 aliphatic rings. The molecule has 0 N–H and O–H groups in total. The third-order valence-corrected chi connectivity index (χ3v) is 5.09. The molecule has 0 bridgehead atoms. The van der Waals surface area contributed by atoms with Gasteiger partial charge in [-0.05, 0) is 52.7 Å². The number of amides is 2. The van der Waals surface area contributed by atoms with Crippen molar-refractivity contribution in [3.63, 3.8) is 0 Å². The molecule has 27 heavy (non-hydrogen) atoms. The molecule has 0 unspecified atom stereocenters. The van der Waals surface area contributed by atoms with Gasteiger partial charge in [-0.3, -0.25) is 9.69 Å². The van der Waals surface area contributed by atoms with Gasteiger partial charge in [0.15, 0.2) is 0 Å². The Kier molecular flexibility index (Phi) is 5.79. The molecule has 0 aromatic carbocycles. The van der Waals surface area contributed by atoms with Crippen molar-refractivity contribution < 1.29 is 19.1 Å². The Morgan fingerprint density at radius 2 is 2.11 bits per heavy atom. The van der Waals surface area contributed by atoms with Crippen LogP contribution in [0.1, 0.15) is 52.3 Å². The predicted octanol–water partition coefficient (Wildman–Crippen LogP) is 2.81. The molecular weight excluding hydrogens is 346 g/mol. The summed E-state index contributed by atoms with van der Waals surface area (Å²) in [6.45, 7) is 10.1. The lowest BCUT2D eigenvalue weighted by Crippen LogP contribution is -2.49. The van der Waals surface area contributed by atoms with Crippen LogP contribution >= 0.6 is 0 Å². The number of carbonyl (C=O) groups excluding carboxylic acids is 2. The standard InChI is InChI=1S/C20H31N3O4/c1-15-17-8-5-9-21(17)10-11-23(15)18(24)14-22(13-16-7-6-12-26-16)19(25)27-20(2,3)4/h5,8-9,15-16H,6-7,10-14H2,1-4H3/t15-,16-/m0/s1. The molecule has 0 radical (unpaired) electrons. The number of carbonyl (C=O) groups is 2. The maximum Gasteiger partial charge on any atom is 0.410 e. The number of aromatic nitrogens is 1. The number of ether oxygens (including phenoxy) is 2. The highest BCUT2D eigenvalue weighted by Crippen LogP contribution is 2.26. The summed E-state index contributed by atoms with van der Waals surface area (Å²) in [6.07, 6.45) is 3.45. The number of fused-ring (bicyclic) bond motifs is 1. The minimum Gasteiger partial charge on any atom is -0.444 e. The Hall–Kier alpha value is -2.02. The van der Waals surface area contributed by atoms with Crippen molar-refractivity contribution in [2.45, 2.75) is 64.8 Å². The van der Waals surface area contributed by atoms with Crippen LogP contribution in [0.2, 0.25) is 0 Å². The van der Waals surface area contributed by atoms with Gasteiger partial charge in [-0.2, -0.15) is 0 Å². The topological polar surface area (TPSA) is 64.0 Å². The van der Waals surface area contributed by atoms with E-state index in [0.29, 0.717) is 19.7 Å². The fourth-order valence-corrected chi connectivity index (χ4v) is 3.74. The molecule has 150 valence electrons. The van der Waals surface area contributed by atoms with Gasteiger partial charge in [-0.1, -0.05) is 0 Å². The Morgan fingerprint density at radius 1 is 1.33 bits per heavy atom. The first kappa shape index (κ1) is 19.7. The summed E-state index contributed by atoms with van der Waals surface area (Å²) in [5, 5.41) is 0. The number of hydrogen-bond donors (Lipinski definition) is 0. The lowest BCUT2D eigenvalue weighted by atomic mass is 10.1. The van der Waals surface area contributed by atoms with E-state index in [1.807, 2.05) is 50.9 Å². The van der Waals surface area contributed by atoms with E-state index in [4.69, 9.17) is 9.47 Å². The average molecular weight is 377 g/mol. The highest BCUT2D eigenvalue weighted by molar-refractivity contribution is 5.83. The average Bonchev–Trinajstić information content (AvgIpc) is 3.24. The Morgan fingerprint density at radius 3 is 2.78 bits per heavy atom. The first-order valence-corrected chi connectivity index (χ1v) is 9.78. The molecule has 3 rings (SSSR count). The summed E-state index contributed by atoms with van der Waals surface area (Å²) in [6, 6.07) is 4.04. The number of hydrogen-bond acceptors (Lipinski definition) is 4. The molecule has 0 aliphatic carbocycles. The van der Waals surface area contributed by atoms with E-state index in [1.54, 1.807) is 0 Å². The van der Waals surface area contributed by atoms with Gasteiger partial charge in [0, 0.05) is 31.6 Å². The summed E-state index contributed by atoms with van der Waals surface area (Å²) in [5.74, 6) is -0.0567. The third-order valence-electron chi connectivity index (χ3n) is 5.09. The van der Waals surface area contributed by atoms with E-state index in [-0.39, 0.29) is 24.6 Å². The zero-order chi connectivity index (χ0) is 19.6. The molecular formula is C20H31N3O4. The van der Waals surface area contributed by atoms with Gasteiger partial charge in [0.2, 0.25) is 5.91 Å². The summed E-state index contributed by atoms with van der Waals surface area (Å²) in [7, 11) is 0. The molecule has 1 aromatic rings. The van der Waals surface area contributed by atoms with Crippen LogP contribution in [0.25, 0.3) is 0 Å². The molecule has 0 saturated carbocycles. The van der Waals surface area contributed by atoms with Gasteiger partial charge < -0.3 is 18.9 Å². The molecule has 7 heteroatoms. The van der Waals surface area contributed by atoms with E-state index in [1.165, 1.54) is 4.90 Å². The van der Waals surface area contributed by atoms with Crippen molar-refractivity contribution in [2.75, 3.05) is 26.2 Å². The highest BCUT2D eigenvalue weighted by atomic mass is 16.6. The minimum absolute atomic E-state index is 0.00975. The first-order chi connectivity index (χ1) is 12.7. The Labute approximate surface area is 161 Å². The molecule has 0 spiro atoms. The molecule has 7 nitrogen and oxygen atoms in total. The fourth-order valence-electron chi connectivity index (χ4n) is 3.74. The van der Waals surface area contributed by atoms with Crippen LogP contribution in [0.15, 0.2) is 18.3 Å². The maximum absolute atomic E-state index is 13.0. The van der Waals surface area contributed by atoms with Gasteiger partial charge >= 0.3 is 6.09 Å². The molecule has 2 amide bonds.